The van der Waals surface area contributed by atoms with Crippen molar-refractivity contribution >= 4 is 29.1 Å². The van der Waals surface area contributed by atoms with Crippen LogP contribution in [0.4, 0.5) is 11.4 Å². The van der Waals surface area contributed by atoms with E-state index in [0.29, 0.717) is 6.54 Å². The van der Waals surface area contributed by atoms with E-state index in [-0.39, 0.29) is 10.5 Å². The summed E-state index contributed by atoms with van der Waals surface area (Å²) >= 11 is 1.72. The fourth-order valence-corrected chi connectivity index (χ4v) is 5.41. The predicted octanol–water partition coefficient (Wildman–Crippen LogP) is 1.65. The number of hydrogen-bond donors (Lipinski definition) is 4. The molecule has 8 nitrogen and oxygen atoms in total. The van der Waals surface area contributed by atoms with Crippen molar-refractivity contribution in [2.45, 2.75) is 53.4 Å². The molecule has 2 heterocycles. The number of quaternary nitrogens is 1. The van der Waals surface area contributed by atoms with Crippen molar-refractivity contribution in [3.8, 4) is 0 Å². The number of nitrogens with zero attached hydrogens (tertiary/aromatic N) is 2. The van der Waals surface area contributed by atoms with Crippen LogP contribution in [-0.2, 0) is 9.53 Å². The fraction of sp³-hybridized carbons (Fsp3) is 0.435. The van der Waals surface area contributed by atoms with Gasteiger partial charge in [0.25, 0.3) is 0 Å². The first-order chi connectivity index (χ1) is 15.1. The zero-order chi connectivity index (χ0) is 23.2. The first-order valence-corrected chi connectivity index (χ1v) is 11.3. The van der Waals surface area contributed by atoms with E-state index in [2.05, 4.69) is 29.2 Å². The molecule has 0 aliphatic carbocycles. The smallest absolute Gasteiger partial charge is 0.335 e. The Bertz CT molecular complexity index is 956. The van der Waals surface area contributed by atoms with E-state index in [1.807, 2.05) is 45.3 Å². The number of aliphatic hydroxyl groups is 3. The van der Waals surface area contributed by atoms with E-state index in [4.69, 9.17) is 4.74 Å². The molecule has 0 radical (unpaired) electrons. The molecule has 2 aliphatic rings. The monoisotopic (exact) mass is 461 g/mol. The van der Waals surface area contributed by atoms with Gasteiger partial charge in [-0.2, -0.15) is 0 Å². The second-order valence-corrected chi connectivity index (χ2v) is 9.97. The molecule has 4 rings (SSSR count). The van der Waals surface area contributed by atoms with Gasteiger partial charge in [0.15, 0.2) is 12.2 Å². The number of fused-ring (bicyclic) bond motifs is 2. The second kappa shape index (κ2) is 8.66. The van der Waals surface area contributed by atoms with Crippen molar-refractivity contribution in [3.63, 3.8) is 0 Å². The Kier molecular flexibility index (Phi) is 6.23. The van der Waals surface area contributed by atoms with Crippen LogP contribution in [0, 0.1) is 0 Å². The Morgan fingerprint density at radius 3 is 2.06 bits per heavy atom. The molecule has 2 aliphatic heterocycles. The Morgan fingerprint density at radius 1 is 1.00 bits per heavy atom. The number of carboxylic acids is 1. The molecule has 0 saturated carbocycles. The lowest BCUT2D eigenvalue weighted by molar-refractivity contribution is -0.963. The van der Waals surface area contributed by atoms with Crippen LogP contribution in [0.25, 0.3) is 0 Å². The topological polar surface area (TPSA) is 110 Å². The molecule has 32 heavy (non-hydrogen) atoms. The summed E-state index contributed by atoms with van der Waals surface area (Å²) in [5, 5.41) is 40.4. The normalized spacial score (nSPS) is 28.6. The van der Waals surface area contributed by atoms with E-state index < -0.39 is 36.6 Å². The van der Waals surface area contributed by atoms with Crippen LogP contribution in [0.3, 0.4) is 0 Å². The molecule has 2 aromatic rings. The quantitative estimate of drug-likeness (QED) is 0.498. The third kappa shape index (κ3) is 3.89. The molecule has 0 amide bonds. The first-order valence-electron chi connectivity index (χ1n) is 10.5. The molecular formula is C23H29N2O6S+. The van der Waals surface area contributed by atoms with E-state index in [9.17, 15) is 25.2 Å². The summed E-state index contributed by atoms with van der Waals surface area (Å²) in [4.78, 5) is 16.1. The van der Waals surface area contributed by atoms with Crippen molar-refractivity contribution in [1.29, 1.82) is 0 Å². The summed E-state index contributed by atoms with van der Waals surface area (Å²) in [6.07, 6.45) is -7.40. The van der Waals surface area contributed by atoms with Gasteiger partial charge in [0.2, 0.25) is 6.23 Å². The van der Waals surface area contributed by atoms with Crippen LogP contribution in [-0.4, -0.2) is 88.2 Å². The number of carbonyl (C=O) groups is 1. The standard InChI is InChI=1S/C23H28N2O6S/c1-13(25(2,3)22-20(28)18(26)19(27)21(31-22)23(29)30)12-24-14-8-4-6-10-16(14)32-17-11-7-5-9-15(17)24/h4-11,13,18-22,26-28H,12H2,1-3H3/p+1/t13?,18-,19-,20+,21-,22+/m0/s1. The van der Waals surface area contributed by atoms with Crippen molar-refractivity contribution in [2.75, 3.05) is 25.5 Å². The minimum Gasteiger partial charge on any atom is -0.479 e. The number of benzene rings is 2. The average molecular weight is 462 g/mol. The van der Waals surface area contributed by atoms with Gasteiger partial charge in [0, 0.05) is 9.79 Å². The van der Waals surface area contributed by atoms with Gasteiger partial charge in [0.1, 0.15) is 18.2 Å². The predicted molar refractivity (Wildman–Crippen MR) is 120 cm³/mol. The average Bonchev–Trinajstić information content (AvgIpc) is 2.76. The SMILES string of the molecule is CC(CN1c2ccccc2Sc2ccccc21)[N+](C)(C)[C@@H]1O[C@H](C(=O)O)[C@@H](O)[C@H](O)[C@H]1O. The number of rotatable bonds is 5. The summed E-state index contributed by atoms with van der Waals surface area (Å²) in [7, 11) is 3.66. The van der Waals surface area contributed by atoms with E-state index in [0.717, 1.165) is 21.2 Å². The third-order valence-corrected chi connectivity index (χ3v) is 7.73. The highest BCUT2D eigenvalue weighted by molar-refractivity contribution is 7.99. The molecule has 1 fully saturated rings. The molecular weight excluding hydrogens is 432 g/mol. The molecule has 0 bridgehead atoms. The van der Waals surface area contributed by atoms with Gasteiger partial charge in [-0.1, -0.05) is 36.0 Å². The summed E-state index contributed by atoms with van der Waals surface area (Å²) in [5.74, 6) is -1.38. The van der Waals surface area contributed by atoms with Crippen molar-refractivity contribution < 1.29 is 34.4 Å². The van der Waals surface area contributed by atoms with Gasteiger partial charge in [-0.15, -0.1) is 0 Å². The van der Waals surface area contributed by atoms with Crippen LogP contribution in [0.2, 0.25) is 0 Å². The van der Waals surface area contributed by atoms with Gasteiger partial charge in [-0.3, -0.25) is 4.48 Å². The molecule has 0 spiro atoms. The van der Waals surface area contributed by atoms with Crippen LogP contribution in [0.15, 0.2) is 58.3 Å². The Hall–Kier alpha value is -2.14. The number of anilines is 2. The number of carboxylic acid groups (broad SMARTS) is 1. The lowest BCUT2D eigenvalue weighted by Gasteiger charge is -2.50. The van der Waals surface area contributed by atoms with E-state index >= 15 is 0 Å². The van der Waals surface area contributed by atoms with Crippen molar-refractivity contribution in [1.82, 2.24) is 0 Å². The second-order valence-electron chi connectivity index (χ2n) is 8.88. The minimum atomic E-state index is -1.70. The molecule has 6 atom stereocenters. The molecule has 1 unspecified atom stereocenters. The molecule has 0 aromatic heterocycles. The molecule has 4 N–H and O–H groups in total. The summed E-state index contributed by atoms with van der Waals surface area (Å²) < 4.78 is 5.73. The Labute approximate surface area is 191 Å². The van der Waals surface area contributed by atoms with Crippen LogP contribution >= 0.6 is 11.8 Å². The highest BCUT2D eigenvalue weighted by Gasteiger charge is 2.54. The summed E-state index contributed by atoms with van der Waals surface area (Å²) in [6, 6.07) is 16.2. The summed E-state index contributed by atoms with van der Waals surface area (Å²) in [5.41, 5.74) is 2.15. The van der Waals surface area contributed by atoms with E-state index in [1.165, 1.54) is 0 Å². The first kappa shape index (κ1) is 23.0. The van der Waals surface area contributed by atoms with Gasteiger partial charge in [-0.05, 0) is 31.2 Å². The van der Waals surface area contributed by atoms with Gasteiger partial charge in [-0.25, -0.2) is 4.79 Å². The maximum absolute atomic E-state index is 11.6. The molecule has 2 aromatic carbocycles. The Morgan fingerprint density at radius 2 is 1.53 bits per heavy atom. The van der Waals surface area contributed by atoms with E-state index in [1.54, 1.807) is 11.8 Å². The number of likely N-dealkylation sites (N-methyl/N-ethyl adjacent to an activating group) is 1. The fourth-order valence-electron chi connectivity index (χ4n) is 4.32. The van der Waals surface area contributed by atoms with Crippen molar-refractivity contribution in [2.24, 2.45) is 0 Å². The molecule has 9 heteroatoms. The summed E-state index contributed by atoms with van der Waals surface area (Å²) in [6.45, 7) is 2.56. The lowest BCUT2D eigenvalue weighted by Crippen LogP contribution is -2.70. The van der Waals surface area contributed by atoms with Crippen LogP contribution in [0.1, 0.15) is 6.92 Å². The van der Waals surface area contributed by atoms with Gasteiger partial charge < -0.3 is 30.1 Å². The number of aliphatic carboxylic acids is 1. The number of para-hydroxylation sites is 2. The zero-order valence-corrected chi connectivity index (χ0v) is 19.0. The molecule has 172 valence electrons. The number of hydrogen-bond acceptors (Lipinski definition) is 7. The molecule has 1 saturated heterocycles. The van der Waals surface area contributed by atoms with Crippen LogP contribution in [0.5, 0.6) is 0 Å². The van der Waals surface area contributed by atoms with Crippen LogP contribution < -0.4 is 4.90 Å². The van der Waals surface area contributed by atoms with Gasteiger partial charge >= 0.3 is 5.97 Å². The zero-order valence-electron chi connectivity index (χ0n) is 18.2. The highest BCUT2D eigenvalue weighted by atomic mass is 32.2. The Balaban J connectivity index is 1.64. The maximum Gasteiger partial charge on any atom is 0.335 e. The van der Waals surface area contributed by atoms with Gasteiger partial charge in [0.05, 0.1) is 32.0 Å². The van der Waals surface area contributed by atoms with Crippen molar-refractivity contribution in [3.05, 3.63) is 48.5 Å². The highest BCUT2D eigenvalue weighted by Crippen LogP contribution is 2.48. The largest absolute Gasteiger partial charge is 0.479 e. The maximum atomic E-state index is 11.6. The number of ether oxygens (including phenoxy) is 1. The minimum absolute atomic E-state index is 0.0860. The lowest BCUT2D eigenvalue weighted by atomic mass is 9.96. The third-order valence-electron chi connectivity index (χ3n) is 6.60. The number of aliphatic hydroxyl groups excluding tert-OH is 3.